The van der Waals surface area contributed by atoms with E-state index >= 15 is 8.78 Å². The van der Waals surface area contributed by atoms with Gasteiger partial charge in [0, 0.05) is 29.1 Å². The van der Waals surface area contributed by atoms with Crippen molar-refractivity contribution in [3.63, 3.8) is 0 Å². The topological polar surface area (TPSA) is 86.7 Å². The highest BCUT2D eigenvalue weighted by molar-refractivity contribution is 8.14. The molecule has 0 aromatic heterocycles. The molecule has 9 atom stereocenters. The number of allylic oxidation sites excluding steroid dienone is 4. The van der Waals surface area contributed by atoms with Crippen molar-refractivity contribution >= 4 is 46.2 Å². The maximum absolute atomic E-state index is 17.9. The lowest BCUT2D eigenvalue weighted by molar-refractivity contribution is -0.252. The Morgan fingerprint density at radius 1 is 1.18 bits per heavy atom. The van der Waals surface area contributed by atoms with Crippen LogP contribution >= 0.6 is 23.4 Å². The van der Waals surface area contributed by atoms with Gasteiger partial charge in [-0.15, -0.1) is 11.6 Å². The van der Waals surface area contributed by atoms with Crippen molar-refractivity contribution in [2.45, 2.75) is 83.1 Å². The van der Waals surface area contributed by atoms with Gasteiger partial charge in [-0.3, -0.25) is 14.4 Å². The number of esters is 2. The Morgan fingerprint density at radius 2 is 1.82 bits per heavy atom. The van der Waals surface area contributed by atoms with Crippen LogP contribution in [-0.4, -0.2) is 57.8 Å². The molecule has 0 aliphatic heterocycles. The molecule has 0 aromatic carbocycles. The third kappa shape index (κ3) is 4.17. The molecular formula is C27H30ClF5O6S. The average molecular weight is 613 g/mol. The lowest BCUT2D eigenvalue weighted by atomic mass is 9.44. The number of alkyl halides is 6. The van der Waals surface area contributed by atoms with Gasteiger partial charge < -0.3 is 9.47 Å². The van der Waals surface area contributed by atoms with Gasteiger partial charge in [-0.2, -0.15) is 13.2 Å². The first kappa shape index (κ1) is 31.0. The minimum Gasteiger partial charge on any atom is -0.452 e. The van der Waals surface area contributed by atoms with Crippen LogP contribution in [0.5, 0.6) is 0 Å². The molecule has 4 aliphatic carbocycles. The minimum absolute atomic E-state index is 0.0723. The molecule has 0 aromatic rings. The predicted molar refractivity (Wildman–Crippen MR) is 136 cm³/mol. The largest absolute Gasteiger partial charge is 0.490 e. The van der Waals surface area contributed by atoms with Crippen LogP contribution in [-0.2, 0) is 28.7 Å². The van der Waals surface area contributed by atoms with Crippen LogP contribution in [0.1, 0.15) is 53.4 Å². The molecule has 222 valence electrons. The van der Waals surface area contributed by atoms with Gasteiger partial charge in [-0.25, -0.2) is 13.6 Å². The lowest BCUT2D eigenvalue weighted by Crippen LogP contribution is -2.71. The Bertz CT molecular complexity index is 1190. The second-order valence-electron chi connectivity index (χ2n) is 11.5. The molecule has 3 fully saturated rings. The monoisotopic (exact) mass is 612 g/mol. The molecule has 0 bridgehead atoms. The molecule has 4 rings (SSSR count). The molecule has 0 heterocycles. The minimum atomic E-state index is -5.47. The van der Waals surface area contributed by atoms with Gasteiger partial charge in [-0.05, 0) is 49.8 Å². The Labute approximate surface area is 237 Å². The third-order valence-corrected chi connectivity index (χ3v) is 10.7. The molecular weight excluding hydrogens is 583 g/mol. The van der Waals surface area contributed by atoms with E-state index in [0.29, 0.717) is 11.8 Å². The zero-order valence-electron chi connectivity index (χ0n) is 22.3. The third-order valence-electron chi connectivity index (χ3n) is 9.68. The smallest absolute Gasteiger partial charge is 0.452 e. The molecule has 0 spiro atoms. The second kappa shape index (κ2) is 10.1. The molecule has 0 saturated heterocycles. The summed E-state index contributed by atoms with van der Waals surface area (Å²) in [5.74, 6) is -7.02. The van der Waals surface area contributed by atoms with Gasteiger partial charge in [0.15, 0.2) is 17.1 Å². The summed E-state index contributed by atoms with van der Waals surface area (Å²) in [5.41, 5.74) is -8.51. The Kier molecular flexibility index (Phi) is 7.83. The van der Waals surface area contributed by atoms with Crippen LogP contribution < -0.4 is 0 Å². The molecule has 3 saturated carbocycles. The van der Waals surface area contributed by atoms with Gasteiger partial charge in [0.05, 0.1) is 5.21 Å². The fourth-order valence-corrected chi connectivity index (χ4v) is 9.00. The zero-order chi connectivity index (χ0) is 30.1. The number of ketones is 1. The molecule has 0 amide bonds. The van der Waals surface area contributed by atoms with Gasteiger partial charge in [0.1, 0.15) is 12.3 Å². The molecule has 0 N–H and O–H groups in total. The Balaban J connectivity index is 1.96. The van der Waals surface area contributed by atoms with Gasteiger partial charge in [0.2, 0.25) is 5.12 Å². The quantitative estimate of drug-likeness (QED) is 0.220. The van der Waals surface area contributed by atoms with Crippen LogP contribution in [0.3, 0.4) is 0 Å². The number of fused-ring (bicyclic) bond motifs is 5. The first-order valence-corrected chi connectivity index (χ1v) is 14.5. The highest BCUT2D eigenvalue weighted by Crippen LogP contribution is 2.72. The summed E-state index contributed by atoms with van der Waals surface area (Å²) in [7, 11) is 0. The van der Waals surface area contributed by atoms with Crippen LogP contribution in [0.15, 0.2) is 23.8 Å². The van der Waals surface area contributed by atoms with Crippen LogP contribution in [0.4, 0.5) is 22.0 Å². The van der Waals surface area contributed by atoms with Gasteiger partial charge >= 0.3 is 18.1 Å². The second-order valence-corrected chi connectivity index (χ2v) is 13.0. The van der Waals surface area contributed by atoms with E-state index in [0.717, 1.165) is 18.2 Å². The van der Waals surface area contributed by atoms with Crippen molar-refractivity contribution in [1.82, 2.24) is 0 Å². The van der Waals surface area contributed by atoms with Crippen LogP contribution in [0.2, 0.25) is 0 Å². The molecule has 4 aliphatic rings. The summed E-state index contributed by atoms with van der Waals surface area (Å²) in [6, 6.07) is 0. The highest BCUT2D eigenvalue weighted by atomic mass is 35.5. The van der Waals surface area contributed by atoms with E-state index in [1.54, 1.807) is 6.92 Å². The average Bonchev–Trinajstić information content (AvgIpc) is 3.08. The van der Waals surface area contributed by atoms with E-state index in [9.17, 15) is 32.3 Å². The number of thioether (sulfide) groups is 1. The number of halogens is 6. The maximum Gasteiger partial charge on any atom is 0.490 e. The summed E-state index contributed by atoms with van der Waals surface area (Å²) in [6.07, 6.45) is -7.61. The lowest BCUT2D eigenvalue weighted by Gasteiger charge is -2.63. The molecule has 13 heteroatoms. The van der Waals surface area contributed by atoms with E-state index in [2.05, 4.69) is 0 Å². The predicted octanol–water partition coefficient (Wildman–Crippen LogP) is 5.81. The van der Waals surface area contributed by atoms with Crippen molar-refractivity contribution in [3.8, 4) is 0 Å². The summed E-state index contributed by atoms with van der Waals surface area (Å²) in [6.45, 7) is 5.87. The van der Waals surface area contributed by atoms with E-state index in [1.165, 1.54) is 20.8 Å². The van der Waals surface area contributed by atoms with Crippen LogP contribution in [0.25, 0.3) is 0 Å². The summed E-state index contributed by atoms with van der Waals surface area (Å²) < 4.78 is 84.7. The normalized spacial score (nSPS) is 42.3. The first-order chi connectivity index (χ1) is 18.4. The van der Waals surface area contributed by atoms with Crippen molar-refractivity contribution in [2.75, 3.05) is 5.21 Å². The Morgan fingerprint density at radius 3 is 2.40 bits per heavy atom. The fraction of sp³-hybridized carbons (Fsp3) is 0.704. The Hall–Kier alpha value is -1.95. The van der Waals surface area contributed by atoms with E-state index in [-0.39, 0.29) is 23.6 Å². The van der Waals surface area contributed by atoms with Crippen molar-refractivity contribution in [3.05, 3.63) is 23.8 Å². The van der Waals surface area contributed by atoms with Crippen molar-refractivity contribution < 1.29 is 50.6 Å². The number of carbonyl (C=O) groups excluding carboxylic acids is 4. The summed E-state index contributed by atoms with van der Waals surface area (Å²) in [5, 5.41) is -0.894. The molecule has 0 radical (unpaired) electrons. The number of hydrogen-bond donors (Lipinski definition) is 0. The first-order valence-electron chi connectivity index (χ1n) is 12.9. The maximum atomic E-state index is 17.9. The van der Waals surface area contributed by atoms with E-state index < -0.39 is 94.0 Å². The number of carbonyl (C=O) groups is 4. The standard InChI is InChI=1S/C27H30ClF5O6S/c1-5-20(35)39-26(22(37)40-12-28)13(2)8-15-16-10-18(29)17-9-14(34)6-7-23(17,3)25(16,30)19(11-24(15,26)4)38-21(36)27(31,32)33/h6-7,9,13,15-16,18-19H,5,8,10-12H2,1-4H3/t13-,15+,16+,18+,19+,23+,24+,25+,26+/m1/s1. The van der Waals surface area contributed by atoms with Crippen molar-refractivity contribution in [2.24, 2.45) is 28.6 Å². The van der Waals surface area contributed by atoms with Crippen molar-refractivity contribution in [1.29, 1.82) is 0 Å². The SMILES string of the molecule is CCC(=O)O[C@]1(C(=O)SCCl)[C@H](C)C[C@H]2[C@@H]3C[C@H](F)C4=CC(=O)C=C[C@]4(C)[C@@]3(F)[C@@H](OC(=O)C(F)(F)F)C[C@@]21C. The summed E-state index contributed by atoms with van der Waals surface area (Å²) in [4.78, 5) is 50.6. The molecule has 6 nitrogen and oxygen atoms in total. The van der Waals surface area contributed by atoms with Crippen LogP contribution in [0, 0.1) is 28.6 Å². The van der Waals surface area contributed by atoms with Gasteiger partial charge in [0.25, 0.3) is 0 Å². The zero-order valence-corrected chi connectivity index (χ0v) is 23.9. The molecule has 40 heavy (non-hydrogen) atoms. The number of ether oxygens (including phenoxy) is 2. The molecule has 0 unspecified atom stereocenters. The van der Waals surface area contributed by atoms with E-state index in [4.69, 9.17) is 21.1 Å². The van der Waals surface area contributed by atoms with E-state index in [1.807, 2.05) is 0 Å². The number of rotatable bonds is 5. The highest BCUT2D eigenvalue weighted by Gasteiger charge is 2.79. The van der Waals surface area contributed by atoms with Gasteiger partial charge in [-0.1, -0.05) is 38.6 Å². The number of hydrogen-bond acceptors (Lipinski definition) is 7. The summed E-state index contributed by atoms with van der Waals surface area (Å²) >= 11 is 6.48. The fourth-order valence-electron chi connectivity index (χ4n) is 7.91.